The number of rotatable bonds is 2. The number of imidazole rings is 1. The summed E-state index contributed by atoms with van der Waals surface area (Å²) < 4.78 is 2.12. The first-order chi connectivity index (χ1) is 9.16. The molecule has 3 nitrogen and oxygen atoms in total. The van der Waals surface area contributed by atoms with Crippen molar-refractivity contribution in [3.63, 3.8) is 0 Å². The standard InChI is InChI=1S/C15H13N3S/c1-10-17-13-4-2-3-5-14(13)18(10)12-8-6-11(7-9-12)15(16)19/h2-9H,1H3,(H2,16,19). The molecule has 4 heteroatoms. The highest BCUT2D eigenvalue weighted by Gasteiger charge is 2.08. The van der Waals surface area contributed by atoms with E-state index in [9.17, 15) is 0 Å². The number of benzene rings is 2. The first kappa shape index (κ1) is 11.9. The zero-order valence-electron chi connectivity index (χ0n) is 10.5. The topological polar surface area (TPSA) is 43.8 Å². The SMILES string of the molecule is Cc1nc2ccccc2n1-c1ccc(C(N)=S)cc1. The summed E-state index contributed by atoms with van der Waals surface area (Å²) in [4.78, 5) is 4.98. The molecular formula is C15H13N3S. The van der Waals surface area contributed by atoms with Gasteiger partial charge in [-0.25, -0.2) is 4.98 Å². The van der Waals surface area contributed by atoms with Gasteiger partial charge >= 0.3 is 0 Å². The van der Waals surface area contributed by atoms with Crippen LogP contribution in [0.1, 0.15) is 11.4 Å². The third-order valence-electron chi connectivity index (χ3n) is 3.14. The van der Waals surface area contributed by atoms with Gasteiger partial charge in [-0.05, 0) is 43.3 Å². The number of aryl methyl sites for hydroxylation is 1. The summed E-state index contributed by atoms with van der Waals surface area (Å²) in [5, 5.41) is 0. The summed E-state index contributed by atoms with van der Waals surface area (Å²) in [5.41, 5.74) is 9.65. The van der Waals surface area contributed by atoms with Gasteiger partial charge in [0.15, 0.2) is 0 Å². The Hall–Kier alpha value is -2.20. The van der Waals surface area contributed by atoms with Crippen LogP contribution in [-0.2, 0) is 0 Å². The van der Waals surface area contributed by atoms with Crippen LogP contribution in [0.4, 0.5) is 0 Å². The smallest absolute Gasteiger partial charge is 0.111 e. The minimum absolute atomic E-state index is 0.416. The van der Waals surface area contributed by atoms with Gasteiger partial charge in [0.2, 0.25) is 0 Å². The summed E-state index contributed by atoms with van der Waals surface area (Å²) in [7, 11) is 0. The van der Waals surface area contributed by atoms with Crippen LogP contribution in [0.15, 0.2) is 48.5 Å². The number of nitrogens with two attached hydrogens (primary N) is 1. The van der Waals surface area contributed by atoms with Crippen LogP contribution in [0.25, 0.3) is 16.7 Å². The maximum absolute atomic E-state index is 5.62. The van der Waals surface area contributed by atoms with E-state index in [1.54, 1.807) is 0 Å². The van der Waals surface area contributed by atoms with Gasteiger partial charge in [0.1, 0.15) is 10.8 Å². The average Bonchev–Trinajstić information content (AvgIpc) is 2.74. The van der Waals surface area contributed by atoms with Gasteiger partial charge in [-0.15, -0.1) is 0 Å². The van der Waals surface area contributed by atoms with E-state index in [2.05, 4.69) is 15.6 Å². The van der Waals surface area contributed by atoms with Gasteiger partial charge in [0.25, 0.3) is 0 Å². The third-order valence-corrected chi connectivity index (χ3v) is 3.37. The molecule has 3 aromatic rings. The molecule has 0 radical (unpaired) electrons. The van der Waals surface area contributed by atoms with Crippen molar-refractivity contribution in [1.82, 2.24) is 9.55 Å². The molecule has 0 saturated heterocycles. The van der Waals surface area contributed by atoms with E-state index in [0.717, 1.165) is 28.1 Å². The molecule has 19 heavy (non-hydrogen) atoms. The Morgan fingerprint density at radius 3 is 2.47 bits per heavy atom. The lowest BCUT2D eigenvalue weighted by Gasteiger charge is -2.07. The number of nitrogens with zero attached hydrogens (tertiary/aromatic N) is 2. The predicted octanol–water partition coefficient (Wildman–Crippen LogP) is 2.97. The maximum atomic E-state index is 5.62. The molecule has 0 saturated carbocycles. The highest BCUT2D eigenvalue weighted by Crippen LogP contribution is 2.21. The Kier molecular flexibility index (Phi) is 2.80. The van der Waals surface area contributed by atoms with Crippen LogP contribution in [0.2, 0.25) is 0 Å². The molecule has 2 N–H and O–H groups in total. The fourth-order valence-electron chi connectivity index (χ4n) is 2.25. The number of para-hydroxylation sites is 2. The summed E-state index contributed by atoms with van der Waals surface area (Å²) in [6.45, 7) is 2.00. The van der Waals surface area contributed by atoms with Crippen LogP contribution in [0.5, 0.6) is 0 Å². The monoisotopic (exact) mass is 267 g/mol. The van der Waals surface area contributed by atoms with Crippen molar-refractivity contribution >= 4 is 28.2 Å². The van der Waals surface area contributed by atoms with Gasteiger partial charge in [-0.1, -0.05) is 24.4 Å². The van der Waals surface area contributed by atoms with E-state index < -0.39 is 0 Å². The molecule has 0 amide bonds. The molecule has 1 heterocycles. The summed E-state index contributed by atoms with van der Waals surface area (Å²) in [6.07, 6.45) is 0. The first-order valence-electron chi connectivity index (χ1n) is 6.01. The van der Waals surface area contributed by atoms with E-state index >= 15 is 0 Å². The van der Waals surface area contributed by atoms with Gasteiger partial charge in [-0.2, -0.15) is 0 Å². The molecule has 3 rings (SSSR count). The largest absolute Gasteiger partial charge is 0.389 e. The summed E-state index contributed by atoms with van der Waals surface area (Å²) in [6, 6.07) is 16.0. The first-order valence-corrected chi connectivity index (χ1v) is 6.42. The molecule has 0 spiro atoms. The van der Waals surface area contributed by atoms with E-state index in [4.69, 9.17) is 18.0 Å². The fourth-order valence-corrected chi connectivity index (χ4v) is 2.38. The molecular weight excluding hydrogens is 254 g/mol. The van der Waals surface area contributed by atoms with Crippen molar-refractivity contribution < 1.29 is 0 Å². The zero-order chi connectivity index (χ0) is 13.4. The minimum Gasteiger partial charge on any atom is -0.389 e. The zero-order valence-corrected chi connectivity index (χ0v) is 11.3. The number of fused-ring (bicyclic) bond motifs is 1. The highest BCUT2D eigenvalue weighted by molar-refractivity contribution is 7.80. The van der Waals surface area contributed by atoms with E-state index in [1.807, 2.05) is 49.4 Å². The molecule has 0 aliphatic carbocycles. The number of thiocarbonyl (C=S) groups is 1. The average molecular weight is 267 g/mol. The van der Waals surface area contributed by atoms with Crippen LogP contribution < -0.4 is 5.73 Å². The molecule has 0 fully saturated rings. The molecule has 0 atom stereocenters. The number of aromatic nitrogens is 2. The van der Waals surface area contributed by atoms with Gasteiger partial charge in [-0.3, -0.25) is 4.57 Å². The second-order valence-corrected chi connectivity index (χ2v) is 4.83. The van der Waals surface area contributed by atoms with Crippen LogP contribution in [-0.4, -0.2) is 14.5 Å². The normalized spacial score (nSPS) is 10.8. The Morgan fingerprint density at radius 1 is 1.11 bits per heavy atom. The van der Waals surface area contributed by atoms with E-state index in [0.29, 0.717) is 4.99 Å². The van der Waals surface area contributed by atoms with Crippen LogP contribution in [0, 0.1) is 6.92 Å². The fraction of sp³-hybridized carbons (Fsp3) is 0.0667. The highest BCUT2D eigenvalue weighted by atomic mass is 32.1. The van der Waals surface area contributed by atoms with Crippen molar-refractivity contribution in [1.29, 1.82) is 0 Å². The lowest BCUT2D eigenvalue weighted by atomic mass is 10.2. The lowest BCUT2D eigenvalue weighted by Crippen LogP contribution is -2.09. The van der Waals surface area contributed by atoms with Gasteiger partial charge in [0.05, 0.1) is 11.0 Å². The molecule has 0 unspecified atom stereocenters. The van der Waals surface area contributed by atoms with Crippen LogP contribution >= 0.6 is 12.2 Å². The van der Waals surface area contributed by atoms with E-state index in [-0.39, 0.29) is 0 Å². The molecule has 0 aliphatic heterocycles. The van der Waals surface area contributed by atoms with Gasteiger partial charge in [0, 0.05) is 11.3 Å². The molecule has 0 bridgehead atoms. The second-order valence-electron chi connectivity index (χ2n) is 4.39. The molecule has 1 aromatic heterocycles. The summed E-state index contributed by atoms with van der Waals surface area (Å²) >= 11 is 4.97. The van der Waals surface area contributed by atoms with Crippen molar-refractivity contribution in [3.8, 4) is 5.69 Å². The Labute approximate surface area is 116 Å². The van der Waals surface area contributed by atoms with E-state index in [1.165, 1.54) is 0 Å². The molecule has 0 aliphatic rings. The van der Waals surface area contributed by atoms with Crippen LogP contribution in [0.3, 0.4) is 0 Å². The van der Waals surface area contributed by atoms with Crippen molar-refractivity contribution in [2.24, 2.45) is 5.73 Å². The second kappa shape index (κ2) is 4.48. The third kappa shape index (κ3) is 2.00. The van der Waals surface area contributed by atoms with Crippen molar-refractivity contribution in [2.45, 2.75) is 6.92 Å². The molecule has 94 valence electrons. The number of hydrogen-bond acceptors (Lipinski definition) is 2. The summed E-state index contributed by atoms with van der Waals surface area (Å²) in [5.74, 6) is 0.962. The van der Waals surface area contributed by atoms with Gasteiger partial charge < -0.3 is 5.73 Å². The van der Waals surface area contributed by atoms with Crippen molar-refractivity contribution in [2.75, 3.05) is 0 Å². The minimum atomic E-state index is 0.416. The molecule has 2 aromatic carbocycles. The number of hydrogen-bond donors (Lipinski definition) is 1. The Morgan fingerprint density at radius 2 is 1.79 bits per heavy atom. The quantitative estimate of drug-likeness (QED) is 0.726. The maximum Gasteiger partial charge on any atom is 0.111 e. The Bertz CT molecular complexity index is 757. The lowest BCUT2D eigenvalue weighted by molar-refractivity contribution is 1.00. The van der Waals surface area contributed by atoms with Crippen molar-refractivity contribution in [3.05, 3.63) is 59.9 Å². The Balaban J connectivity index is 2.18. The predicted molar refractivity (Wildman–Crippen MR) is 81.7 cm³/mol.